The molecule has 9 nitrogen and oxygen atoms in total. The summed E-state index contributed by atoms with van der Waals surface area (Å²) in [4.78, 5) is 16.4. The summed E-state index contributed by atoms with van der Waals surface area (Å²) in [7, 11) is -3.51. The van der Waals surface area contributed by atoms with Crippen LogP contribution in [0, 0.1) is 0 Å². The van der Waals surface area contributed by atoms with Gasteiger partial charge in [-0.2, -0.15) is 9.41 Å². The molecule has 0 radical (unpaired) electrons. The van der Waals surface area contributed by atoms with Gasteiger partial charge in [-0.15, -0.1) is 0 Å². The maximum Gasteiger partial charge on any atom is 0.243 e. The van der Waals surface area contributed by atoms with Gasteiger partial charge in [0.2, 0.25) is 15.9 Å². The predicted octanol–water partition coefficient (Wildman–Crippen LogP) is 1.98. The highest BCUT2D eigenvalue weighted by Gasteiger charge is 2.26. The van der Waals surface area contributed by atoms with Crippen molar-refractivity contribution in [3.8, 4) is 5.69 Å². The number of hydrazone groups is 1. The first-order valence-electron chi connectivity index (χ1n) is 10.6. The zero-order valence-electron chi connectivity index (χ0n) is 18.0. The fourth-order valence-corrected chi connectivity index (χ4v) is 4.81. The summed E-state index contributed by atoms with van der Waals surface area (Å²) in [5.74, 6) is -0.216. The van der Waals surface area contributed by atoms with Crippen LogP contribution in [-0.4, -0.2) is 60.7 Å². The molecule has 10 heteroatoms. The van der Waals surface area contributed by atoms with Gasteiger partial charge in [0.1, 0.15) is 0 Å². The SMILES string of the molecule is O=C(CCc1ccc(S(=O)(=O)N2CCOCC2)cc1)N/N=C/c1ccc(-n2ccnc2)cc1. The number of aryl methyl sites for hydroxylation is 1. The lowest BCUT2D eigenvalue weighted by molar-refractivity contribution is -0.121. The van der Waals surface area contributed by atoms with Crippen molar-refractivity contribution in [3.05, 3.63) is 78.4 Å². The van der Waals surface area contributed by atoms with E-state index in [-0.39, 0.29) is 17.2 Å². The normalized spacial score (nSPS) is 15.0. The molecule has 33 heavy (non-hydrogen) atoms. The van der Waals surface area contributed by atoms with Crippen molar-refractivity contribution in [2.75, 3.05) is 26.3 Å². The number of imidazole rings is 1. The first-order valence-corrected chi connectivity index (χ1v) is 12.0. The molecule has 0 spiro atoms. The van der Waals surface area contributed by atoms with Gasteiger partial charge in [-0.05, 0) is 41.8 Å². The molecule has 172 valence electrons. The van der Waals surface area contributed by atoms with E-state index in [2.05, 4.69) is 15.5 Å². The van der Waals surface area contributed by atoms with Crippen molar-refractivity contribution in [3.63, 3.8) is 0 Å². The molecule has 0 saturated carbocycles. The molecule has 2 aromatic carbocycles. The minimum Gasteiger partial charge on any atom is -0.379 e. The third-order valence-corrected chi connectivity index (χ3v) is 7.18. The highest BCUT2D eigenvalue weighted by molar-refractivity contribution is 7.89. The Bertz CT molecular complexity index is 1180. The Morgan fingerprint density at radius 2 is 1.82 bits per heavy atom. The number of morpholine rings is 1. The van der Waals surface area contributed by atoms with Crippen LogP contribution in [-0.2, 0) is 26.0 Å². The number of hydrogen-bond donors (Lipinski definition) is 1. The standard InChI is InChI=1S/C23H25N5O4S/c29-23(26-25-17-20-1-6-21(7-2-20)27-12-11-24-18-27)10-5-19-3-8-22(9-4-19)33(30,31)28-13-15-32-16-14-28/h1-4,6-9,11-12,17-18H,5,10,13-16H2,(H,26,29)/b25-17+. The number of carbonyl (C=O) groups is 1. The van der Waals surface area contributed by atoms with Gasteiger partial charge in [-0.3, -0.25) is 4.79 Å². The van der Waals surface area contributed by atoms with Crippen LogP contribution < -0.4 is 5.43 Å². The van der Waals surface area contributed by atoms with Crippen molar-refractivity contribution in [2.24, 2.45) is 5.10 Å². The molecular weight excluding hydrogens is 442 g/mol. The lowest BCUT2D eigenvalue weighted by Gasteiger charge is -2.26. The van der Waals surface area contributed by atoms with Crippen LogP contribution in [0.25, 0.3) is 5.69 Å². The summed E-state index contributed by atoms with van der Waals surface area (Å²) in [6, 6.07) is 14.3. The van der Waals surface area contributed by atoms with Gasteiger partial charge in [-0.25, -0.2) is 18.8 Å². The minimum absolute atomic E-state index is 0.216. The lowest BCUT2D eigenvalue weighted by atomic mass is 10.1. The number of nitrogens with one attached hydrogen (secondary N) is 1. The first-order chi connectivity index (χ1) is 16.0. The van der Waals surface area contributed by atoms with E-state index >= 15 is 0 Å². The molecule has 2 heterocycles. The number of hydrogen-bond acceptors (Lipinski definition) is 6. The van der Waals surface area contributed by atoms with Crippen LogP contribution in [0.5, 0.6) is 0 Å². The maximum absolute atomic E-state index is 12.7. The van der Waals surface area contributed by atoms with E-state index in [1.807, 2.05) is 35.0 Å². The number of carbonyl (C=O) groups excluding carboxylic acids is 1. The van der Waals surface area contributed by atoms with Crippen LogP contribution in [0.2, 0.25) is 0 Å². The van der Waals surface area contributed by atoms with Gasteiger partial charge in [0.05, 0.1) is 30.7 Å². The average Bonchev–Trinajstić information content (AvgIpc) is 3.39. The molecule has 1 amide bonds. The predicted molar refractivity (Wildman–Crippen MR) is 124 cm³/mol. The third kappa shape index (κ3) is 5.92. The number of sulfonamides is 1. The van der Waals surface area contributed by atoms with Crippen LogP contribution >= 0.6 is 0 Å². The molecule has 1 aliphatic rings. The fraction of sp³-hybridized carbons (Fsp3) is 0.261. The van der Waals surface area contributed by atoms with Crippen LogP contribution in [0.1, 0.15) is 17.5 Å². The van der Waals surface area contributed by atoms with Crippen molar-refractivity contribution in [1.82, 2.24) is 19.3 Å². The summed E-state index contributed by atoms with van der Waals surface area (Å²) < 4.78 is 33.9. The zero-order chi connectivity index (χ0) is 23.1. The summed E-state index contributed by atoms with van der Waals surface area (Å²) in [6.45, 7) is 1.54. The Kier molecular flexibility index (Phi) is 7.28. The topological polar surface area (TPSA) is 106 Å². The number of ether oxygens (including phenoxy) is 1. The highest BCUT2D eigenvalue weighted by atomic mass is 32.2. The van der Waals surface area contributed by atoms with E-state index in [0.29, 0.717) is 32.7 Å². The second kappa shape index (κ2) is 10.5. The van der Waals surface area contributed by atoms with E-state index in [0.717, 1.165) is 16.8 Å². The van der Waals surface area contributed by atoms with E-state index in [1.54, 1.807) is 43.0 Å². The number of amides is 1. The van der Waals surface area contributed by atoms with Gasteiger partial charge in [-0.1, -0.05) is 24.3 Å². The molecule has 4 rings (SSSR count). The number of nitrogens with zero attached hydrogens (tertiary/aromatic N) is 4. The molecule has 0 atom stereocenters. The third-order valence-electron chi connectivity index (χ3n) is 5.27. The van der Waals surface area contributed by atoms with Crippen LogP contribution in [0.4, 0.5) is 0 Å². The summed E-state index contributed by atoms with van der Waals surface area (Å²) in [5.41, 5.74) is 5.24. The second-order valence-corrected chi connectivity index (χ2v) is 9.45. The monoisotopic (exact) mass is 467 g/mol. The van der Waals surface area contributed by atoms with E-state index in [1.165, 1.54) is 4.31 Å². The lowest BCUT2D eigenvalue weighted by Crippen LogP contribution is -2.40. The van der Waals surface area contributed by atoms with Crippen molar-refractivity contribution in [2.45, 2.75) is 17.7 Å². The number of rotatable bonds is 8. The second-order valence-electron chi connectivity index (χ2n) is 7.52. The van der Waals surface area contributed by atoms with Crippen LogP contribution in [0.15, 0.2) is 77.2 Å². The van der Waals surface area contributed by atoms with Gasteiger partial charge in [0.25, 0.3) is 0 Å². The van der Waals surface area contributed by atoms with Gasteiger partial charge < -0.3 is 9.30 Å². The van der Waals surface area contributed by atoms with Crippen molar-refractivity contribution in [1.29, 1.82) is 0 Å². The Balaban J connectivity index is 1.25. The summed E-state index contributed by atoms with van der Waals surface area (Å²) >= 11 is 0. The molecular formula is C23H25N5O4S. The maximum atomic E-state index is 12.7. The smallest absolute Gasteiger partial charge is 0.243 e. The Morgan fingerprint density at radius 1 is 1.09 bits per heavy atom. The Hall–Kier alpha value is -3.34. The quantitative estimate of drug-likeness (QED) is 0.403. The summed E-state index contributed by atoms with van der Waals surface area (Å²) in [5, 5.41) is 4.01. The van der Waals surface area contributed by atoms with Crippen LogP contribution in [0.3, 0.4) is 0 Å². The zero-order valence-corrected chi connectivity index (χ0v) is 18.8. The average molecular weight is 468 g/mol. The Morgan fingerprint density at radius 3 is 2.48 bits per heavy atom. The largest absolute Gasteiger partial charge is 0.379 e. The molecule has 0 bridgehead atoms. The number of aromatic nitrogens is 2. The number of benzene rings is 2. The molecule has 0 unspecified atom stereocenters. The minimum atomic E-state index is -3.51. The highest BCUT2D eigenvalue weighted by Crippen LogP contribution is 2.18. The summed E-state index contributed by atoms with van der Waals surface area (Å²) in [6.07, 6.45) is 7.61. The Labute approximate surface area is 192 Å². The van der Waals surface area contributed by atoms with Crippen molar-refractivity contribution < 1.29 is 17.9 Å². The van der Waals surface area contributed by atoms with Gasteiger partial charge in [0.15, 0.2) is 0 Å². The van der Waals surface area contributed by atoms with E-state index in [4.69, 9.17) is 4.74 Å². The van der Waals surface area contributed by atoms with Crippen molar-refractivity contribution >= 4 is 22.1 Å². The van der Waals surface area contributed by atoms with E-state index in [9.17, 15) is 13.2 Å². The molecule has 3 aromatic rings. The molecule has 1 saturated heterocycles. The first kappa shape index (κ1) is 22.8. The molecule has 1 aliphatic heterocycles. The van der Waals surface area contributed by atoms with Gasteiger partial charge in [0, 0.05) is 37.6 Å². The molecule has 1 N–H and O–H groups in total. The molecule has 1 fully saturated rings. The molecule has 1 aromatic heterocycles. The fourth-order valence-electron chi connectivity index (χ4n) is 3.40. The van der Waals surface area contributed by atoms with Gasteiger partial charge >= 0.3 is 0 Å². The van der Waals surface area contributed by atoms with E-state index < -0.39 is 10.0 Å². The molecule has 0 aliphatic carbocycles.